The normalized spacial score (nSPS) is 14.6. The molecule has 0 unspecified atom stereocenters. The standard InChI is InChI=1S/2C12H27N.CH4O7P2/c2*1-4-7-10-13(11-8-5-2)12-9-6-3;2-9(3,4)8-10(5)6-1-7-10/h2*4-12H2,1-3H3;1H2,(H2,2,3,4). The van der Waals surface area contributed by atoms with Crippen molar-refractivity contribution in [2.24, 2.45) is 0 Å². The highest BCUT2D eigenvalue weighted by atomic mass is 31.3. The Hall–Kier alpha value is 0.180. The largest absolute Gasteiger partial charge is 0.789 e. The van der Waals surface area contributed by atoms with Crippen molar-refractivity contribution in [2.45, 2.75) is 119 Å². The van der Waals surface area contributed by atoms with E-state index < -0.39 is 15.6 Å². The zero-order chi connectivity index (χ0) is 27.7. The van der Waals surface area contributed by atoms with Crippen molar-refractivity contribution < 1.29 is 42.1 Å². The molecule has 0 aromatic heterocycles. The van der Waals surface area contributed by atoms with Crippen LogP contribution < -0.4 is 19.6 Å². The lowest BCUT2D eigenvalue weighted by Gasteiger charge is -2.34. The third-order valence-corrected chi connectivity index (χ3v) is 8.37. The molecular weight excluding hydrogens is 502 g/mol. The first kappa shape index (κ1) is 38.3. The van der Waals surface area contributed by atoms with Gasteiger partial charge in [-0.15, -0.1) is 0 Å². The van der Waals surface area contributed by atoms with Crippen LogP contribution >= 0.6 is 15.6 Å². The molecule has 0 radical (unpaired) electrons. The van der Waals surface area contributed by atoms with Crippen molar-refractivity contribution in [3.63, 3.8) is 0 Å². The first-order valence-corrected chi connectivity index (χ1v) is 17.3. The van der Waals surface area contributed by atoms with E-state index in [1.807, 2.05) is 9.80 Å². The average Bonchev–Trinajstić information content (AvgIpc) is 2.82. The second-order valence-corrected chi connectivity index (χ2v) is 12.4. The summed E-state index contributed by atoms with van der Waals surface area (Å²) in [5.74, 6) is 0. The van der Waals surface area contributed by atoms with Crippen LogP contribution in [0.3, 0.4) is 0 Å². The second-order valence-electron chi connectivity index (χ2n) is 9.47. The highest BCUT2D eigenvalue weighted by molar-refractivity contribution is 7.60. The van der Waals surface area contributed by atoms with Crippen LogP contribution in [0.4, 0.5) is 0 Å². The Kier molecular flexibility index (Phi) is 27.1. The summed E-state index contributed by atoms with van der Waals surface area (Å²) in [5, 5.41) is 0. The lowest BCUT2D eigenvalue weighted by molar-refractivity contribution is -0.900. The Morgan fingerprint density at radius 3 is 1.00 bits per heavy atom. The maximum absolute atomic E-state index is 10.4. The molecule has 9 nitrogen and oxygen atoms in total. The highest BCUT2D eigenvalue weighted by Crippen LogP contribution is 2.63. The van der Waals surface area contributed by atoms with E-state index >= 15 is 0 Å². The zero-order valence-electron chi connectivity index (χ0n) is 24.2. The SMILES string of the molecule is CCCC[NH+](CCCC)CCCC.CCCC[NH+](CCCC)CCCC.O=P([O-])([O-])OP1(=O)OCO1. The van der Waals surface area contributed by atoms with E-state index in [0.29, 0.717) is 0 Å². The van der Waals surface area contributed by atoms with Crippen molar-refractivity contribution in [2.75, 3.05) is 46.1 Å². The maximum atomic E-state index is 10.4. The van der Waals surface area contributed by atoms with Gasteiger partial charge in [-0.05, 0) is 38.5 Å². The number of nitrogens with one attached hydrogen (secondary N) is 2. The summed E-state index contributed by atoms with van der Waals surface area (Å²) in [6.07, 6.45) is 16.5. The molecule has 11 heteroatoms. The molecule has 2 N–H and O–H groups in total. The third kappa shape index (κ3) is 25.8. The van der Waals surface area contributed by atoms with Gasteiger partial charge >= 0.3 is 7.82 Å². The zero-order valence-corrected chi connectivity index (χ0v) is 26.0. The van der Waals surface area contributed by atoms with E-state index in [-0.39, 0.29) is 6.79 Å². The fourth-order valence-electron chi connectivity index (χ4n) is 3.62. The summed E-state index contributed by atoms with van der Waals surface area (Å²) < 4.78 is 31.7. The molecule has 0 aromatic carbocycles. The smallest absolute Gasteiger partial charge is 0.482 e. The summed E-state index contributed by atoms with van der Waals surface area (Å²) >= 11 is 0. The Bertz CT molecular complexity index is 494. The fraction of sp³-hybridized carbons (Fsp3) is 1.00. The van der Waals surface area contributed by atoms with Gasteiger partial charge in [0.2, 0.25) is 0 Å². The first-order chi connectivity index (χ1) is 17.1. The molecule has 1 aliphatic rings. The third-order valence-electron chi connectivity index (χ3n) is 5.92. The molecule has 1 saturated heterocycles. The molecule has 0 aliphatic carbocycles. The summed E-state index contributed by atoms with van der Waals surface area (Å²) in [4.78, 5) is 23.2. The van der Waals surface area contributed by atoms with Gasteiger partial charge in [-0.25, -0.2) is 4.57 Å². The van der Waals surface area contributed by atoms with Crippen LogP contribution in [0.1, 0.15) is 119 Å². The molecule has 1 heterocycles. The number of hydrogen-bond acceptors (Lipinski definition) is 7. The summed E-state index contributed by atoms with van der Waals surface area (Å²) in [5.41, 5.74) is 0. The van der Waals surface area contributed by atoms with Crippen molar-refractivity contribution in [3.8, 4) is 0 Å². The molecule has 0 amide bonds. The van der Waals surface area contributed by atoms with Gasteiger partial charge in [-0.1, -0.05) is 80.1 Å². The lowest BCUT2D eigenvalue weighted by atomic mass is 10.2. The van der Waals surface area contributed by atoms with Crippen LogP contribution in [-0.4, -0.2) is 46.1 Å². The number of rotatable bonds is 20. The Balaban J connectivity index is 0. The molecule has 0 aromatic rings. The Labute approximate surface area is 222 Å². The number of unbranched alkanes of at least 4 members (excludes halogenated alkanes) is 6. The lowest BCUT2D eigenvalue weighted by Crippen LogP contribution is -3.12. The van der Waals surface area contributed by atoms with Gasteiger partial charge in [0.05, 0.1) is 47.1 Å². The molecule has 0 bridgehead atoms. The van der Waals surface area contributed by atoms with Crippen LogP contribution in [0, 0.1) is 0 Å². The molecule has 36 heavy (non-hydrogen) atoms. The van der Waals surface area contributed by atoms with Gasteiger partial charge in [-0.3, -0.25) is 13.4 Å². The van der Waals surface area contributed by atoms with Gasteiger partial charge in [0.25, 0.3) is 0 Å². The molecule has 0 atom stereocenters. The van der Waals surface area contributed by atoms with Crippen molar-refractivity contribution in [1.82, 2.24) is 0 Å². The van der Waals surface area contributed by atoms with E-state index in [0.717, 1.165) is 0 Å². The highest BCUT2D eigenvalue weighted by Gasteiger charge is 2.37. The van der Waals surface area contributed by atoms with Gasteiger partial charge in [0, 0.05) is 0 Å². The quantitative estimate of drug-likeness (QED) is 0.219. The fourth-order valence-corrected chi connectivity index (χ4v) is 5.25. The van der Waals surface area contributed by atoms with Crippen LogP contribution in [0.2, 0.25) is 0 Å². The Morgan fingerprint density at radius 2 is 0.889 bits per heavy atom. The van der Waals surface area contributed by atoms with E-state index in [1.165, 1.54) is 116 Å². The van der Waals surface area contributed by atoms with E-state index in [4.69, 9.17) is 0 Å². The van der Waals surface area contributed by atoms with Crippen LogP contribution in [0.25, 0.3) is 0 Å². The van der Waals surface area contributed by atoms with Crippen LogP contribution in [0.15, 0.2) is 0 Å². The predicted octanol–water partition coefficient (Wildman–Crippen LogP) is 3.49. The topological polar surface area (TPSA) is 117 Å². The molecular formula is C25H58N2O7P2. The van der Waals surface area contributed by atoms with Crippen molar-refractivity contribution in [1.29, 1.82) is 0 Å². The summed E-state index contributed by atoms with van der Waals surface area (Å²) in [7, 11) is -9.27. The van der Waals surface area contributed by atoms with Gasteiger partial charge < -0.3 is 24.2 Å². The minimum atomic E-state index is -5.27. The predicted molar refractivity (Wildman–Crippen MR) is 144 cm³/mol. The minimum Gasteiger partial charge on any atom is -0.789 e. The Morgan fingerprint density at radius 1 is 0.639 bits per heavy atom. The molecule has 1 fully saturated rings. The van der Waals surface area contributed by atoms with E-state index in [9.17, 15) is 18.9 Å². The van der Waals surface area contributed by atoms with Gasteiger partial charge in [0.1, 0.15) is 0 Å². The molecule has 220 valence electrons. The van der Waals surface area contributed by atoms with Crippen molar-refractivity contribution >= 4 is 15.6 Å². The molecule has 0 saturated carbocycles. The van der Waals surface area contributed by atoms with E-state index in [2.05, 4.69) is 54.9 Å². The first-order valence-electron chi connectivity index (χ1n) is 14.4. The van der Waals surface area contributed by atoms with Gasteiger partial charge in [0.15, 0.2) is 6.79 Å². The number of hydrogen-bond donors (Lipinski definition) is 2. The molecule has 1 aliphatic heterocycles. The second kappa shape index (κ2) is 25.5. The number of phosphoric acid groups is 2. The average molecular weight is 561 g/mol. The maximum Gasteiger partial charge on any atom is 0.482 e. The van der Waals surface area contributed by atoms with Crippen molar-refractivity contribution in [3.05, 3.63) is 0 Å². The molecule has 0 spiro atoms. The summed E-state index contributed by atoms with van der Waals surface area (Å²) in [6, 6.07) is 0. The number of quaternary nitrogens is 2. The minimum absolute atomic E-state index is 0.322. The molecule has 1 rings (SSSR count). The van der Waals surface area contributed by atoms with E-state index in [1.54, 1.807) is 0 Å². The van der Waals surface area contributed by atoms with Gasteiger partial charge in [-0.2, -0.15) is 0 Å². The van der Waals surface area contributed by atoms with Crippen LogP contribution in [0.5, 0.6) is 0 Å². The monoisotopic (exact) mass is 560 g/mol. The van der Waals surface area contributed by atoms with Crippen LogP contribution in [-0.2, 0) is 22.5 Å². The summed E-state index contributed by atoms with van der Waals surface area (Å²) in [6.45, 7) is 21.8. The number of phosphoric ester groups is 1.